The van der Waals surface area contributed by atoms with Crippen molar-refractivity contribution < 1.29 is 19.4 Å². The molecule has 0 unspecified atom stereocenters. The average Bonchev–Trinajstić information content (AvgIpc) is 3.22. The summed E-state index contributed by atoms with van der Waals surface area (Å²) in [6.07, 6.45) is 4.29. The number of aromatic nitrogens is 1. The minimum absolute atomic E-state index is 0.0544. The van der Waals surface area contributed by atoms with E-state index in [4.69, 9.17) is 10.1 Å². The van der Waals surface area contributed by atoms with Crippen LogP contribution in [0.1, 0.15) is 47.9 Å². The van der Waals surface area contributed by atoms with E-state index in [0.29, 0.717) is 28.6 Å². The Hall–Kier alpha value is -3.97. The number of aliphatic imine (C=N–C) groups is 1. The molecule has 1 fully saturated rings. The van der Waals surface area contributed by atoms with Crippen LogP contribution in [0.4, 0.5) is 10.1 Å². The van der Waals surface area contributed by atoms with Crippen LogP contribution in [-0.4, -0.2) is 44.9 Å². The summed E-state index contributed by atoms with van der Waals surface area (Å²) >= 11 is 0. The topological polar surface area (TPSA) is 88.9 Å². The summed E-state index contributed by atoms with van der Waals surface area (Å²) < 4.78 is 13.9. The van der Waals surface area contributed by atoms with E-state index in [9.17, 15) is 14.3 Å². The molecule has 0 radical (unpaired) electrons. The van der Waals surface area contributed by atoms with Gasteiger partial charge in [-0.05, 0) is 73.8 Å². The van der Waals surface area contributed by atoms with Crippen LogP contribution in [0.5, 0.6) is 5.88 Å². The summed E-state index contributed by atoms with van der Waals surface area (Å²) in [6.45, 7) is 3.18. The summed E-state index contributed by atoms with van der Waals surface area (Å²) in [5.74, 6) is -1.33. The van der Waals surface area contributed by atoms with Crippen molar-refractivity contribution in [1.29, 1.82) is 0 Å². The molecule has 0 saturated carbocycles. The molecule has 37 heavy (non-hydrogen) atoms. The monoisotopic (exact) mass is 499 g/mol. The summed E-state index contributed by atoms with van der Waals surface area (Å²) in [4.78, 5) is 21.2. The van der Waals surface area contributed by atoms with Gasteiger partial charge in [0.05, 0.1) is 22.5 Å². The Morgan fingerprint density at radius 3 is 2.35 bits per heavy atom. The predicted molar refractivity (Wildman–Crippen MR) is 143 cm³/mol. The number of hydrogen-bond acceptors (Lipinski definition) is 4. The predicted octanol–water partition coefficient (Wildman–Crippen LogP) is 6.18. The van der Waals surface area contributed by atoms with E-state index < -0.39 is 11.8 Å². The standard InChI is InChI=1S/C30H30FN3O3/c31-23-11-14-25-26(18-23)33-30(37)28(25)29(22-9-4-20(5-10-22)8-15-27(35)36)32-24-12-6-21(7-13-24)19-34-16-2-1-3-17-34/h4-7,9-14,18,33,37H,1-3,8,15-17,19H2,(H,35,36). The molecule has 4 aromatic rings. The Labute approximate surface area is 215 Å². The molecule has 0 atom stereocenters. The van der Waals surface area contributed by atoms with Crippen molar-refractivity contribution in [3.05, 3.63) is 94.8 Å². The van der Waals surface area contributed by atoms with E-state index in [-0.39, 0.29) is 12.3 Å². The largest absolute Gasteiger partial charge is 0.494 e. The van der Waals surface area contributed by atoms with Gasteiger partial charge in [0.1, 0.15) is 5.82 Å². The highest BCUT2D eigenvalue weighted by atomic mass is 19.1. The molecule has 2 heterocycles. The first kappa shape index (κ1) is 24.7. The zero-order valence-corrected chi connectivity index (χ0v) is 20.6. The molecule has 0 bridgehead atoms. The van der Waals surface area contributed by atoms with Gasteiger partial charge in [0.15, 0.2) is 5.88 Å². The molecule has 3 aromatic carbocycles. The highest BCUT2D eigenvalue weighted by Gasteiger charge is 2.19. The van der Waals surface area contributed by atoms with Crippen LogP contribution < -0.4 is 0 Å². The first-order valence-corrected chi connectivity index (χ1v) is 12.7. The lowest BCUT2D eigenvalue weighted by Gasteiger charge is -2.26. The first-order valence-electron chi connectivity index (χ1n) is 12.7. The zero-order chi connectivity index (χ0) is 25.8. The number of nitrogens with zero attached hydrogens (tertiary/aromatic N) is 2. The fraction of sp³-hybridized carbons (Fsp3) is 0.267. The van der Waals surface area contributed by atoms with Gasteiger partial charge < -0.3 is 15.2 Å². The molecule has 1 aliphatic rings. The number of carboxylic acids is 1. The molecule has 0 amide bonds. The summed E-state index contributed by atoms with van der Waals surface area (Å²) in [5, 5.41) is 20.5. The Morgan fingerprint density at radius 2 is 1.65 bits per heavy atom. The SMILES string of the molecule is O=C(O)CCc1ccc(C(=Nc2ccc(CN3CCCCC3)cc2)c2c(O)[nH]c3cc(F)ccc23)cc1. The van der Waals surface area contributed by atoms with Gasteiger partial charge in [-0.2, -0.15) is 0 Å². The molecule has 1 aromatic heterocycles. The molecular weight excluding hydrogens is 469 g/mol. The third-order valence-electron chi connectivity index (χ3n) is 6.86. The third-order valence-corrected chi connectivity index (χ3v) is 6.86. The molecule has 6 nitrogen and oxygen atoms in total. The summed E-state index contributed by atoms with van der Waals surface area (Å²) in [7, 11) is 0. The number of aromatic hydroxyl groups is 1. The Morgan fingerprint density at radius 1 is 0.946 bits per heavy atom. The molecule has 3 N–H and O–H groups in total. The number of fused-ring (bicyclic) bond motifs is 1. The number of likely N-dealkylation sites (tertiary alicyclic amines) is 1. The van der Waals surface area contributed by atoms with Crippen molar-refractivity contribution in [2.24, 2.45) is 4.99 Å². The number of aliphatic carboxylic acids is 1. The van der Waals surface area contributed by atoms with Gasteiger partial charge in [-0.15, -0.1) is 0 Å². The van der Waals surface area contributed by atoms with Crippen LogP contribution >= 0.6 is 0 Å². The molecule has 190 valence electrons. The zero-order valence-electron chi connectivity index (χ0n) is 20.6. The number of halogens is 1. The molecule has 0 aliphatic carbocycles. The number of rotatable bonds is 8. The number of piperidine rings is 1. The fourth-order valence-electron chi connectivity index (χ4n) is 4.92. The quantitative estimate of drug-likeness (QED) is 0.252. The Bertz CT molecular complexity index is 1420. The smallest absolute Gasteiger partial charge is 0.303 e. The van der Waals surface area contributed by atoms with E-state index in [2.05, 4.69) is 22.0 Å². The fourth-order valence-corrected chi connectivity index (χ4v) is 4.92. The number of nitrogens with one attached hydrogen (secondary N) is 1. The summed E-state index contributed by atoms with van der Waals surface area (Å²) in [6, 6.07) is 20.0. The van der Waals surface area contributed by atoms with Gasteiger partial charge in [-0.1, -0.05) is 42.8 Å². The number of carboxylic acid groups (broad SMARTS) is 1. The number of H-pyrrole nitrogens is 1. The van der Waals surface area contributed by atoms with E-state index in [1.165, 1.54) is 37.0 Å². The number of benzene rings is 3. The normalized spacial score (nSPS) is 14.8. The van der Waals surface area contributed by atoms with E-state index >= 15 is 0 Å². The minimum atomic E-state index is -0.842. The Balaban J connectivity index is 1.51. The molecule has 1 aliphatic heterocycles. The highest BCUT2D eigenvalue weighted by molar-refractivity contribution is 6.21. The van der Waals surface area contributed by atoms with Crippen molar-refractivity contribution in [3.8, 4) is 5.88 Å². The molecular formula is C30H30FN3O3. The lowest BCUT2D eigenvalue weighted by Crippen LogP contribution is -2.28. The lowest BCUT2D eigenvalue weighted by atomic mass is 9.98. The number of carbonyl (C=O) groups is 1. The second-order valence-electron chi connectivity index (χ2n) is 9.59. The maximum Gasteiger partial charge on any atom is 0.303 e. The van der Waals surface area contributed by atoms with Gasteiger partial charge in [0, 0.05) is 23.9 Å². The van der Waals surface area contributed by atoms with Crippen LogP contribution in [-0.2, 0) is 17.8 Å². The van der Waals surface area contributed by atoms with Crippen LogP contribution in [0.15, 0.2) is 71.7 Å². The van der Waals surface area contributed by atoms with Gasteiger partial charge in [0.25, 0.3) is 0 Å². The van der Waals surface area contributed by atoms with Crippen LogP contribution in [0.3, 0.4) is 0 Å². The van der Waals surface area contributed by atoms with Crippen LogP contribution in [0.2, 0.25) is 0 Å². The molecule has 1 saturated heterocycles. The first-order chi connectivity index (χ1) is 18.0. The Kier molecular flexibility index (Phi) is 7.32. The molecule has 7 heteroatoms. The van der Waals surface area contributed by atoms with Crippen molar-refractivity contribution in [3.63, 3.8) is 0 Å². The minimum Gasteiger partial charge on any atom is -0.494 e. The maximum absolute atomic E-state index is 13.9. The van der Waals surface area contributed by atoms with Crippen molar-refractivity contribution in [2.75, 3.05) is 13.1 Å². The van der Waals surface area contributed by atoms with Crippen molar-refractivity contribution in [2.45, 2.75) is 38.6 Å². The molecule has 0 spiro atoms. The maximum atomic E-state index is 13.9. The highest BCUT2D eigenvalue weighted by Crippen LogP contribution is 2.32. The second kappa shape index (κ2) is 11.0. The van der Waals surface area contributed by atoms with Crippen molar-refractivity contribution in [1.82, 2.24) is 9.88 Å². The average molecular weight is 500 g/mol. The third kappa shape index (κ3) is 5.89. The van der Waals surface area contributed by atoms with Gasteiger partial charge in [-0.3, -0.25) is 9.69 Å². The van der Waals surface area contributed by atoms with Crippen LogP contribution in [0.25, 0.3) is 10.9 Å². The molecule has 5 rings (SSSR count). The number of aryl methyl sites for hydroxylation is 1. The number of hydrogen-bond donors (Lipinski definition) is 3. The lowest BCUT2D eigenvalue weighted by molar-refractivity contribution is -0.136. The van der Waals surface area contributed by atoms with E-state index in [1.54, 1.807) is 6.07 Å². The van der Waals surface area contributed by atoms with Gasteiger partial charge in [-0.25, -0.2) is 9.38 Å². The van der Waals surface area contributed by atoms with E-state index in [1.807, 2.05) is 36.4 Å². The second-order valence-corrected chi connectivity index (χ2v) is 9.59. The summed E-state index contributed by atoms with van der Waals surface area (Å²) in [5.41, 5.74) is 5.15. The van der Waals surface area contributed by atoms with E-state index in [0.717, 1.165) is 36.4 Å². The van der Waals surface area contributed by atoms with Gasteiger partial charge in [0.2, 0.25) is 0 Å². The van der Waals surface area contributed by atoms with Crippen LogP contribution in [0, 0.1) is 5.82 Å². The number of aromatic amines is 1. The van der Waals surface area contributed by atoms with Gasteiger partial charge >= 0.3 is 5.97 Å². The van der Waals surface area contributed by atoms with Crippen molar-refractivity contribution >= 4 is 28.3 Å².